The second-order valence-electron chi connectivity index (χ2n) is 6.34. The summed E-state index contributed by atoms with van der Waals surface area (Å²) in [6, 6.07) is 15.0. The smallest absolute Gasteiger partial charge is 0.264 e. The molecule has 0 aromatic carbocycles. The Kier molecular flexibility index (Phi) is 5.84. The Balaban J connectivity index is 2.30. The Morgan fingerprint density at radius 3 is 1.75 bits per heavy atom. The van der Waals surface area contributed by atoms with Crippen molar-refractivity contribution in [2.45, 2.75) is 0 Å². The third kappa shape index (κ3) is 3.76. The molecule has 0 amide bonds. The van der Waals surface area contributed by atoms with Gasteiger partial charge in [-0.15, -0.1) is 22.7 Å². The van der Waals surface area contributed by atoms with Crippen LogP contribution in [0.1, 0.15) is 0 Å². The van der Waals surface area contributed by atoms with Gasteiger partial charge in [-0.05, 0) is 24.3 Å². The Bertz CT molecular complexity index is 1540. The minimum atomic E-state index is -0.00704. The van der Waals surface area contributed by atoms with Gasteiger partial charge in [-0.25, -0.2) is 0 Å². The lowest BCUT2D eigenvalue weighted by atomic mass is 10.1. The van der Waals surface area contributed by atoms with Gasteiger partial charge in [-0.1, -0.05) is 12.1 Å². The Morgan fingerprint density at radius 2 is 1.31 bits per heavy atom. The zero-order valence-electron chi connectivity index (χ0n) is 16.3. The minimum Gasteiger partial charge on any atom is -0.264 e. The Hall–Kier alpha value is -4.60. The maximum Gasteiger partial charge on any atom is 0.536 e. The van der Waals surface area contributed by atoms with E-state index in [1.54, 1.807) is 24.8 Å². The van der Waals surface area contributed by atoms with Crippen LogP contribution in [0.3, 0.4) is 0 Å². The molecule has 0 N–H and O–H groups in total. The highest BCUT2D eigenvalue weighted by molar-refractivity contribution is 7.12. The molecule has 0 aliphatic rings. The van der Waals surface area contributed by atoms with Crippen molar-refractivity contribution in [1.29, 1.82) is 10.5 Å². The van der Waals surface area contributed by atoms with Gasteiger partial charge in [0.2, 0.25) is 0 Å². The van der Waals surface area contributed by atoms with E-state index in [2.05, 4.69) is 19.7 Å². The van der Waals surface area contributed by atoms with E-state index in [1.807, 2.05) is 48.5 Å². The third-order valence-electron chi connectivity index (χ3n) is 4.52. The zero-order valence-corrected chi connectivity index (χ0v) is 17.9. The van der Waals surface area contributed by atoms with Crippen molar-refractivity contribution in [3.05, 3.63) is 102 Å². The summed E-state index contributed by atoms with van der Waals surface area (Å²) in [4.78, 5) is 15.2. The van der Waals surface area contributed by atoms with Crippen LogP contribution in [0.25, 0.3) is 43.3 Å². The topological polar surface area (TPSA) is 82.1 Å². The first-order valence-electron chi connectivity index (χ1n) is 9.08. The van der Waals surface area contributed by atoms with Gasteiger partial charge in [-0.2, -0.15) is 20.2 Å². The van der Waals surface area contributed by atoms with Crippen molar-refractivity contribution in [3.8, 4) is 34.4 Å². The van der Waals surface area contributed by atoms with Gasteiger partial charge < -0.3 is 0 Å². The van der Waals surface area contributed by atoms with E-state index >= 15 is 0 Å². The van der Waals surface area contributed by atoms with Crippen LogP contribution in [0, 0.1) is 44.9 Å². The molecular weight excluding hydrogens is 436 g/mol. The number of thiophene rings is 2. The second-order valence-corrected chi connectivity index (χ2v) is 8.44. The van der Waals surface area contributed by atoms with Crippen molar-refractivity contribution in [3.63, 3.8) is 0 Å². The number of pyridine rings is 2. The molecule has 6 nitrogen and oxygen atoms in total. The van der Waals surface area contributed by atoms with Crippen LogP contribution in [-0.4, -0.2) is 9.97 Å². The maximum atomic E-state index is 9.40. The van der Waals surface area contributed by atoms with E-state index in [4.69, 9.17) is 13.1 Å². The first-order valence-corrected chi connectivity index (χ1v) is 10.7. The van der Waals surface area contributed by atoms with Gasteiger partial charge >= 0.3 is 5.82 Å². The molecule has 4 aromatic rings. The lowest BCUT2D eigenvalue weighted by Crippen LogP contribution is -1.94. The minimum absolute atomic E-state index is 0.00704. The van der Waals surface area contributed by atoms with Crippen LogP contribution in [0.5, 0.6) is 0 Å². The van der Waals surface area contributed by atoms with Crippen LogP contribution in [0.2, 0.25) is 0 Å². The molecule has 0 spiro atoms. The lowest BCUT2D eigenvalue weighted by Gasteiger charge is -1.99. The summed E-state index contributed by atoms with van der Waals surface area (Å²) in [6.45, 7) is 14.7. The van der Waals surface area contributed by atoms with E-state index in [-0.39, 0.29) is 11.4 Å². The number of hydrogen-bond donors (Lipinski definition) is 0. The Morgan fingerprint density at radius 1 is 0.812 bits per heavy atom. The molecule has 0 bridgehead atoms. The summed E-state index contributed by atoms with van der Waals surface area (Å²) >= 11 is 2.67. The van der Waals surface area contributed by atoms with Crippen molar-refractivity contribution in [2.75, 3.05) is 0 Å². The van der Waals surface area contributed by atoms with E-state index in [0.29, 0.717) is 9.06 Å². The lowest BCUT2D eigenvalue weighted by molar-refractivity contribution is 1.33. The molecule has 0 unspecified atom stereocenters. The molecule has 4 aromatic heterocycles. The summed E-state index contributed by atoms with van der Waals surface area (Å²) < 4.78 is 2.78. The highest BCUT2D eigenvalue weighted by Gasteiger charge is 2.14. The highest BCUT2D eigenvalue weighted by atomic mass is 32.1. The van der Waals surface area contributed by atoms with Crippen LogP contribution >= 0.6 is 22.7 Å². The fourth-order valence-corrected chi connectivity index (χ4v) is 5.49. The van der Waals surface area contributed by atoms with Crippen LogP contribution in [0.4, 0.5) is 0 Å². The molecule has 4 heterocycles. The zero-order chi connectivity index (χ0) is 22.5. The standard InChI is InChI=1S/C24H10N6S2/c1-27-24(28-2)21-10-19(16-6-4-8-30-14-16)23(32-21)22-18(15-5-3-7-29-13-15)9-20(31-22)17(11-25)12-26/h3-10,13-14H/b23-22+. The molecule has 0 fully saturated rings. The highest BCUT2D eigenvalue weighted by Crippen LogP contribution is 2.28. The average Bonchev–Trinajstić information content (AvgIpc) is 3.47. The van der Waals surface area contributed by atoms with E-state index in [1.165, 1.54) is 22.7 Å². The van der Waals surface area contributed by atoms with Gasteiger partial charge in [0.25, 0.3) is 0 Å². The summed E-state index contributed by atoms with van der Waals surface area (Å²) in [5.41, 5.74) is 3.37. The van der Waals surface area contributed by atoms with Crippen molar-refractivity contribution in [2.24, 2.45) is 0 Å². The Labute approximate surface area is 190 Å². The number of aromatic nitrogens is 2. The predicted octanol–water partition coefficient (Wildman–Crippen LogP) is 4.32. The summed E-state index contributed by atoms with van der Waals surface area (Å²) in [7, 11) is 0. The predicted molar refractivity (Wildman–Crippen MR) is 123 cm³/mol. The van der Waals surface area contributed by atoms with Crippen LogP contribution in [0.15, 0.2) is 61.2 Å². The molecular formula is C24H10N6S2. The second kappa shape index (κ2) is 9.04. The first-order chi connectivity index (χ1) is 15.7. The van der Waals surface area contributed by atoms with Gasteiger partial charge in [0, 0.05) is 47.0 Å². The quantitative estimate of drug-likeness (QED) is 0.429. The molecule has 0 aliphatic heterocycles. The van der Waals surface area contributed by atoms with E-state index < -0.39 is 0 Å². The number of rotatable bonds is 2. The summed E-state index contributed by atoms with van der Waals surface area (Å²) in [5.74, 6) is -0.00704. The molecule has 8 heteroatoms. The molecule has 32 heavy (non-hydrogen) atoms. The fraction of sp³-hybridized carbons (Fsp3) is 0. The molecule has 0 saturated heterocycles. The molecule has 0 radical (unpaired) electrons. The average molecular weight is 447 g/mol. The summed E-state index contributed by atoms with van der Waals surface area (Å²) in [6.07, 6.45) is 6.81. The van der Waals surface area contributed by atoms with Gasteiger partial charge in [-0.3, -0.25) is 9.97 Å². The van der Waals surface area contributed by atoms with E-state index in [0.717, 1.165) is 31.3 Å². The number of nitriles is 2. The maximum absolute atomic E-state index is 9.40. The van der Waals surface area contributed by atoms with Crippen molar-refractivity contribution >= 4 is 34.1 Å². The first kappa shape index (κ1) is 20.7. The number of hydrogen-bond acceptors (Lipinski definition) is 6. The van der Waals surface area contributed by atoms with E-state index in [9.17, 15) is 10.5 Å². The molecule has 4 rings (SSSR count). The van der Waals surface area contributed by atoms with Crippen LogP contribution in [-0.2, 0) is 0 Å². The SMILES string of the molecule is [C-]#[N+]C([N+]#[C-])=c1cc(-c2cccnc2)/c(=c2\sc(=C(C#N)C#N)cc2-c2cccnc2)s1. The normalized spacial score (nSPS) is 10.9. The molecule has 0 atom stereocenters. The van der Waals surface area contributed by atoms with Gasteiger partial charge in [0.1, 0.15) is 35.4 Å². The third-order valence-corrected chi connectivity index (χ3v) is 6.97. The van der Waals surface area contributed by atoms with Crippen LogP contribution < -0.4 is 9.06 Å². The number of nitrogens with zero attached hydrogens (tertiary/aromatic N) is 6. The largest absolute Gasteiger partial charge is 0.536 e. The molecule has 0 saturated carbocycles. The molecule has 148 valence electrons. The van der Waals surface area contributed by atoms with Gasteiger partial charge in [0.05, 0.1) is 13.6 Å². The van der Waals surface area contributed by atoms with Crippen molar-refractivity contribution < 1.29 is 0 Å². The van der Waals surface area contributed by atoms with Crippen molar-refractivity contribution in [1.82, 2.24) is 9.97 Å². The molecule has 0 aliphatic carbocycles. The van der Waals surface area contributed by atoms with Gasteiger partial charge in [0.15, 0.2) is 0 Å². The monoisotopic (exact) mass is 446 g/mol. The fourth-order valence-electron chi connectivity index (χ4n) is 3.10. The summed E-state index contributed by atoms with van der Waals surface area (Å²) in [5, 5.41) is 18.8.